The van der Waals surface area contributed by atoms with Crippen LogP contribution in [0.4, 0.5) is 0 Å². The van der Waals surface area contributed by atoms with Gasteiger partial charge in [0.2, 0.25) is 0 Å². The van der Waals surface area contributed by atoms with E-state index in [9.17, 15) is 0 Å². The normalized spacial score (nSPS) is 16.5. The van der Waals surface area contributed by atoms with Gasteiger partial charge < -0.3 is 14.8 Å². The number of aromatic nitrogens is 1. The smallest absolute Gasteiger partial charge is 0.126 e. The van der Waals surface area contributed by atoms with Crippen molar-refractivity contribution in [2.75, 3.05) is 26.4 Å². The van der Waals surface area contributed by atoms with Crippen molar-refractivity contribution in [2.45, 2.75) is 32.7 Å². The van der Waals surface area contributed by atoms with E-state index in [0.29, 0.717) is 5.92 Å². The molecule has 1 fully saturated rings. The molecule has 2 rings (SSSR count). The van der Waals surface area contributed by atoms with E-state index in [1.54, 1.807) is 6.20 Å². The van der Waals surface area contributed by atoms with Crippen molar-refractivity contribution >= 4 is 0 Å². The summed E-state index contributed by atoms with van der Waals surface area (Å²) >= 11 is 0. The summed E-state index contributed by atoms with van der Waals surface area (Å²) in [5.41, 5.74) is 1.14. The molecule has 1 aromatic heterocycles. The van der Waals surface area contributed by atoms with Crippen LogP contribution in [-0.4, -0.2) is 31.3 Å². The van der Waals surface area contributed by atoms with Crippen molar-refractivity contribution in [3.63, 3.8) is 0 Å². The molecular formula is C15H24N2O2. The first-order valence-electron chi connectivity index (χ1n) is 7.24. The quantitative estimate of drug-likeness (QED) is 0.768. The Bertz CT molecular complexity index is 365. The van der Waals surface area contributed by atoms with Gasteiger partial charge in [-0.2, -0.15) is 0 Å². The maximum atomic E-state index is 5.97. The number of pyridine rings is 1. The van der Waals surface area contributed by atoms with E-state index in [-0.39, 0.29) is 0 Å². The zero-order valence-corrected chi connectivity index (χ0v) is 11.7. The zero-order chi connectivity index (χ0) is 13.3. The SMILES string of the molecule is CCCNCc1cnccc1OCC1CCOCC1. The van der Waals surface area contributed by atoms with E-state index < -0.39 is 0 Å². The number of hydrogen-bond acceptors (Lipinski definition) is 4. The predicted octanol–water partition coefficient (Wildman–Crippen LogP) is 2.39. The molecule has 0 saturated carbocycles. The second-order valence-electron chi connectivity index (χ2n) is 5.03. The third kappa shape index (κ3) is 4.80. The van der Waals surface area contributed by atoms with E-state index in [0.717, 1.165) is 63.5 Å². The highest BCUT2D eigenvalue weighted by Gasteiger charge is 2.15. The van der Waals surface area contributed by atoms with Crippen molar-refractivity contribution in [1.29, 1.82) is 0 Å². The van der Waals surface area contributed by atoms with E-state index >= 15 is 0 Å². The second kappa shape index (κ2) is 8.12. The molecule has 106 valence electrons. The van der Waals surface area contributed by atoms with Crippen LogP contribution >= 0.6 is 0 Å². The van der Waals surface area contributed by atoms with E-state index in [4.69, 9.17) is 9.47 Å². The van der Waals surface area contributed by atoms with E-state index in [1.807, 2.05) is 12.3 Å². The average Bonchev–Trinajstić information content (AvgIpc) is 2.48. The van der Waals surface area contributed by atoms with Gasteiger partial charge in [-0.25, -0.2) is 0 Å². The maximum absolute atomic E-state index is 5.97. The molecule has 4 nitrogen and oxygen atoms in total. The standard InChI is InChI=1S/C15H24N2O2/c1-2-6-16-10-14-11-17-7-3-15(14)19-12-13-4-8-18-9-5-13/h3,7,11,13,16H,2,4-6,8-10,12H2,1H3. The fourth-order valence-electron chi connectivity index (χ4n) is 2.21. The summed E-state index contributed by atoms with van der Waals surface area (Å²) in [6.45, 7) is 6.54. The topological polar surface area (TPSA) is 43.4 Å². The van der Waals surface area contributed by atoms with Gasteiger partial charge in [-0.3, -0.25) is 4.98 Å². The number of hydrogen-bond donors (Lipinski definition) is 1. The van der Waals surface area contributed by atoms with Gasteiger partial charge in [0.25, 0.3) is 0 Å². The molecule has 0 bridgehead atoms. The minimum Gasteiger partial charge on any atom is -0.493 e. The van der Waals surface area contributed by atoms with Gasteiger partial charge in [0, 0.05) is 37.7 Å². The average molecular weight is 264 g/mol. The predicted molar refractivity (Wildman–Crippen MR) is 75.3 cm³/mol. The van der Waals surface area contributed by atoms with Gasteiger partial charge in [-0.1, -0.05) is 6.92 Å². The molecule has 1 aliphatic heterocycles. The fraction of sp³-hybridized carbons (Fsp3) is 0.667. The Morgan fingerprint density at radius 2 is 2.26 bits per heavy atom. The Labute approximate surface area is 115 Å². The number of rotatable bonds is 7. The lowest BCUT2D eigenvalue weighted by atomic mass is 10.0. The van der Waals surface area contributed by atoms with Gasteiger partial charge in [0.1, 0.15) is 5.75 Å². The summed E-state index contributed by atoms with van der Waals surface area (Å²) in [6, 6.07) is 1.96. The van der Waals surface area contributed by atoms with Crippen molar-refractivity contribution in [1.82, 2.24) is 10.3 Å². The van der Waals surface area contributed by atoms with Crippen LogP contribution in [0.15, 0.2) is 18.5 Å². The lowest BCUT2D eigenvalue weighted by molar-refractivity contribution is 0.0496. The lowest BCUT2D eigenvalue weighted by Crippen LogP contribution is -2.22. The van der Waals surface area contributed by atoms with Gasteiger partial charge in [-0.05, 0) is 37.8 Å². The van der Waals surface area contributed by atoms with E-state index in [2.05, 4.69) is 17.2 Å². The third-order valence-electron chi connectivity index (χ3n) is 3.42. The monoisotopic (exact) mass is 264 g/mol. The first-order valence-corrected chi connectivity index (χ1v) is 7.24. The molecule has 0 amide bonds. The Morgan fingerprint density at radius 3 is 3.05 bits per heavy atom. The van der Waals surface area contributed by atoms with Crippen LogP contribution < -0.4 is 10.1 Å². The third-order valence-corrected chi connectivity index (χ3v) is 3.42. The van der Waals surface area contributed by atoms with Gasteiger partial charge in [0.15, 0.2) is 0 Å². The minimum absolute atomic E-state index is 0.623. The summed E-state index contributed by atoms with van der Waals surface area (Å²) < 4.78 is 11.3. The molecular weight excluding hydrogens is 240 g/mol. The molecule has 4 heteroatoms. The first-order chi connectivity index (χ1) is 9.40. The molecule has 0 aliphatic carbocycles. The molecule has 0 atom stereocenters. The molecule has 1 saturated heterocycles. The molecule has 1 aliphatic rings. The van der Waals surface area contributed by atoms with Crippen molar-refractivity contribution in [3.8, 4) is 5.75 Å². The summed E-state index contributed by atoms with van der Waals surface area (Å²) in [4.78, 5) is 4.18. The molecule has 0 aromatic carbocycles. The van der Waals surface area contributed by atoms with Crippen LogP contribution in [0.25, 0.3) is 0 Å². The highest BCUT2D eigenvalue weighted by Crippen LogP contribution is 2.20. The molecule has 1 N–H and O–H groups in total. The van der Waals surface area contributed by atoms with Crippen molar-refractivity contribution in [2.24, 2.45) is 5.92 Å². The molecule has 0 radical (unpaired) electrons. The highest BCUT2D eigenvalue weighted by molar-refractivity contribution is 5.29. The minimum atomic E-state index is 0.623. The largest absolute Gasteiger partial charge is 0.493 e. The Kier molecular flexibility index (Phi) is 6.11. The molecule has 19 heavy (non-hydrogen) atoms. The van der Waals surface area contributed by atoms with Crippen LogP contribution in [0.5, 0.6) is 5.75 Å². The van der Waals surface area contributed by atoms with Gasteiger partial charge >= 0.3 is 0 Å². The van der Waals surface area contributed by atoms with Crippen LogP contribution in [-0.2, 0) is 11.3 Å². The van der Waals surface area contributed by atoms with Gasteiger partial charge in [0.05, 0.1) is 6.61 Å². The van der Waals surface area contributed by atoms with Crippen molar-refractivity contribution < 1.29 is 9.47 Å². The van der Waals surface area contributed by atoms with Crippen LogP contribution in [0, 0.1) is 5.92 Å². The molecule has 0 unspecified atom stereocenters. The fourth-order valence-corrected chi connectivity index (χ4v) is 2.21. The summed E-state index contributed by atoms with van der Waals surface area (Å²) in [6.07, 6.45) is 7.03. The van der Waals surface area contributed by atoms with Crippen LogP contribution in [0.2, 0.25) is 0 Å². The summed E-state index contributed by atoms with van der Waals surface area (Å²) in [5.74, 6) is 1.59. The van der Waals surface area contributed by atoms with E-state index in [1.165, 1.54) is 0 Å². The second-order valence-corrected chi connectivity index (χ2v) is 5.03. The number of nitrogens with one attached hydrogen (secondary N) is 1. The zero-order valence-electron chi connectivity index (χ0n) is 11.7. The summed E-state index contributed by atoms with van der Waals surface area (Å²) in [7, 11) is 0. The highest BCUT2D eigenvalue weighted by atomic mass is 16.5. The summed E-state index contributed by atoms with van der Waals surface area (Å²) in [5, 5.41) is 3.39. The number of nitrogens with zero attached hydrogens (tertiary/aromatic N) is 1. The lowest BCUT2D eigenvalue weighted by Gasteiger charge is -2.22. The van der Waals surface area contributed by atoms with Crippen molar-refractivity contribution in [3.05, 3.63) is 24.0 Å². The molecule has 0 spiro atoms. The van der Waals surface area contributed by atoms with Gasteiger partial charge in [-0.15, -0.1) is 0 Å². The Morgan fingerprint density at radius 1 is 1.42 bits per heavy atom. The first kappa shape index (κ1) is 14.3. The molecule has 1 aromatic rings. The maximum Gasteiger partial charge on any atom is 0.126 e. The van der Waals surface area contributed by atoms with Crippen LogP contribution in [0.3, 0.4) is 0 Å². The Balaban J connectivity index is 1.84. The molecule has 2 heterocycles. The van der Waals surface area contributed by atoms with Crippen LogP contribution in [0.1, 0.15) is 31.7 Å². The Hall–Kier alpha value is -1.13. The number of ether oxygens (including phenoxy) is 2.